The van der Waals surface area contributed by atoms with Gasteiger partial charge >= 0.3 is 0 Å². The van der Waals surface area contributed by atoms with E-state index in [0.29, 0.717) is 18.6 Å². The van der Waals surface area contributed by atoms with E-state index in [0.717, 1.165) is 18.9 Å². The van der Waals surface area contributed by atoms with Crippen molar-refractivity contribution in [1.82, 2.24) is 9.29 Å². The van der Waals surface area contributed by atoms with Gasteiger partial charge in [0.1, 0.15) is 28.3 Å². The van der Waals surface area contributed by atoms with Crippen molar-refractivity contribution in [2.75, 3.05) is 7.11 Å². The van der Waals surface area contributed by atoms with E-state index in [9.17, 15) is 12.8 Å². The first-order valence-corrected chi connectivity index (χ1v) is 10.4. The van der Waals surface area contributed by atoms with E-state index in [-0.39, 0.29) is 28.8 Å². The Balaban J connectivity index is 1.58. The third-order valence-corrected chi connectivity index (χ3v) is 7.27. The molecule has 0 spiro atoms. The van der Waals surface area contributed by atoms with Gasteiger partial charge in [-0.1, -0.05) is 0 Å². The maximum Gasteiger partial charge on any atom is 0.247 e. The standard InChI is InChI=1S/C19H21FN2O4S/c1-25-18-7-4-13(20)9-19(18)27(23,24)22-14-5-6-15(22)11-17(10-14)26-16-3-2-8-21-12-16/h2-4,7-9,12,14-15,17H,5-6,10-11H2,1H3/t14-,15-/m0/s1. The monoisotopic (exact) mass is 392 g/mol. The molecule has 0 saturated carbocycles. The molecule has 1 aromatic heterocycles. The van der Waals surface area contributed by atoms with Gasteiger partial charge in [0.15, 0.2) is 0 Å². The third-order valence-electron chi connectivity index (χ3n) is 5.24. The van der Waals surface area contributed by atoms with Crippen LogP contribution in [0.3, 0.4) is 0 Å². The van der Waals surface area contributed by atoms with Crippen molar-refractivity contribution in [3.63, 3.8) is 0 Å². The summed E-state index contributed by atoms with van der Waals surface area (Å²) >= 11 is 0. The zero-order chi connectivity index (χ0) is 19.0. The van der Waals surface area contributed by atoms with Crippen LogP contribution in [0.2, 0.25) is 0 Å². The fraction of sp³-hybridized carbons (Fsp3) is 0.421. The van der Waals surface area contributed by atoms with Crippen molar-refractivity contribution in [2.45, 2.75) is 48.8 Å². The van der Waals surface area contributed by atoms with Crippen LogP contribution in [0.5, 0.6) is 11.5 Å². The molecule has 0 radical (unpaired) electrons. The second kappa shape index (κ2) is 7.09. The topological polar surface area (TPSA) is 68.7 Å². The zero-order valence-electron chi connectivity index (χ0n) is 14.9. The molecule has 0 N–H and O–H groups in total. The Kier molecular flexibility index (Phi) is 4.77. The van der Waals surface area contributed by atoms with Gasteiger partial charge in [-0.15, -0.1) is 0 Å². The number of methoxy groups -OCH3 is 1. The zero-order valence-corrected chi connectivity index (χ0v) is 15.7. The molecule has 0 unspecified atom stereocenters. The van der Waals surface area contributed by atoms with Gasteiger partial charge in [0.05, 0.1) is 13.3 Å². The summed E-state index contributed by atoms with van der Waals surface area (Å²) in [5, 5.41) is 0. The van der Waals surface area contributed by atoms with Gasteiger partial charge in [-0.2, -0.15) is 4.31 Å². The minimum Gasteiger partial charge on any atom is -0.495 e. The summed E-state index contributed by atoms with van der Waals surface area (Å²) < 4.78 is 53.0. The average Bonchev–Trinajstić information content (AvgIpc) is 2.95. The molecule has 1 aromatic carbocycles. The molecule has 2 aromatic rings. The Morgan fingerprint density at radius 1 is 1.19 bits per heavy atom. The fourth-order valence-electron chi connectivity index (χ4n) is 4.15. The van der Waals surface area contributed by atoms with E-state index in [2.05, 4.69) is 4.98 Å². The highest BCUT2D eigenvalue weighted by atomic mass is 32.2. The number of nitrogens with zero attached hydrogens (tertiary/aromatic N) is 2. The summed E-state index contributed by atoms with van der Waals surface area (Å²) in [6.07, 6.45) is 6.02. The largest absolute Gasteiger partial charge is 0.495 e. The quantitative estimate of drug-likeness (QED) is 0.783. The first-order valence-electron chi connectivity index (χ1n) is 8.93. The van der Waals surface area contributed by atoms with Crippen molar-refractivity contribution in [3.05, 3.63) is 48.5 Å². The number of hydrogen-bond donors (Lipinski definition) is 0. The molecular weight excluding hydrogens is 371 g/mol. The predicted molar refractivity (Wildman–Crippen MR) is 96.7 cm³/mol. The van der Waals surface area contributed by atoms with Crippen molar-refractivity contribution >= 4 is 10.0 Å². The molecule has 2 aliphatic rings. The highest BCUT2D eigenvalue weighted by molar-refractivity contribution is 7.89. The molecule has 6 nitrogen and oxygen atoms in total. The van der Waals surface area contributed by atoms with E-state index in [4.69, 9.17) is 9.47 Å². The molecular formula is C19H21FN2O4S. The lowest BCUT2D eigenvalue weighted by Crippen LogP contribution is -2.49. The van der Waals surface area contributed by atoms with Gasteiger partial charge < -0.3 is 9.47 Å². The summed E-state index contributed by atoms with van der Waals surface area (Å²) in [7, 11) is -2.48. The molecule has 0 amide bonds. The Hall–Kier alpha value is -2.19. The number of piperidine rings is 1. The van der Waals surface area contributed by atoms with E-state index in [1.807, 2.05) is 6.07 Å². The van der Waals surface area contributed by atoms with E-state index in [1.165, 1.54) is 23.5 Å². The lowest BCUT2D eigenvalue weighted by Gasteiger charge is -2.37. The molecule has 8 heteroatoms. The van der Waals surface area contributed by atoms with Crippen LogP contribution < -0.4 is 9.47 Å². The summed E-state index contributed by atoms with van der Waals surface area (Å²) in [6, 6.07) is 6.90. The lowest BCUT2D eigenvalue weighted by atomic mass is 10.0. The molecule has 144 valence electrons. The molecule has 4 rings (SSSR count). The van der Waals surface area contributed by atoms with Crippen molar-refractivity contribution in [1.29, 1.82) is 0 Å². The van der Waals surface area contributed by atoms with Crippen molar-refractivity contribution < 1.29 is 22.3 Å². The number of pyridine rings is 1. The van der Waals surface area contributed by atoms with E-state index < -0.39 is 15.8 Å². The minimum absolute atomic E-state index is 0.0624. The molecule has 3 heterocycles. The molecule has 27 heavy (non-hydrogen) atoms. The summed E-state index contributed by atoms with van der Waals surface area (Å²) in [5.41, 5.74) is 0. The van der Waals surface area contributed by atoms with Crippen LogP contribution in [0.25, 0.3) is 0 Å². The van der Waals surface area contributed by atoms with Crippen molar-refractivity contribution in [2.24, 2.45) is 0 Å². The van der Waals surface area contributed by atoms with Gasteiger partial charge in [0.2, 0.25) is 10.0 Å². The van der Waals surface area contributed by atoms with Crippen LogP contribution in [-0.4, -0.2) is 43.0 Å². The number of hydrogen-bond acceptors (Lipinski definition) is 5. The molecule has 2 fully saturated rings. The second-order valence-electron chi connectivity index (χ2n) is 6.92. The number of fused-ring (bicyclic) bond motifs is 2. The minimum atomic E-state index is -3.86. The summed E-state index contributed by atoms with van der Waals surface area (Å²) in [6.45, 7) is 0. The van der Waals surface area contributed by atoms with Crippen molar-refractivity contribution in [3.8, 4) is 11.5 Å². The highest BCUT2D eigenvalue weighted by Gasteiger charge is 2.48. The van der Waals surface area contributed by atoms with Gasteiger partial charge in [-0.3, -0.25) is 4.98 Å². The third kappa shape index (κ3) is 3.39. The van der Waals surface area contributed by atoms with E-state index in [1.54, 1.807) is 18.5 Å². The summed E-state index contributed by atoms with van der Waals surface area (Å²) in [5.74, 6) is 0.242. The van der Waals surface area contributed by atoms with Gasteiger partial charge in [-0.25, -0.2) is 12.8 Å². The normalized spacial score (nSPS) is 25.3. The van der Waals surface area contributed by atoms with Gasteiger partial charge in [-0.05, 0) is 43.2 Å². The SMILES string of the molecule is COc1ccc(F)cc1S(=O)(=O)N1[C@H]2CC[C@H]1CC(Oc1cccnc1)C2. The molecule has 2 aliphatic heterocycles. The van der Waals surface area contributed by atoms with Crippen LogP contribution in [0, 0.1) is 5.82 Å². The predicted octanol–water partition coefficient (Wildman–Crippen LogP) is 2.99. The average molecular weight is 392 g/mol. The fourth-order valence-corrected chi connectivity index (χ4v) is 6.21. The smallest absolute Gasteiger partial charge is 0.247 e. The number of ether oxygens (including phenoxy) is 2. The summed E-state index contributed by atoms with van der Waals surface area (Å²) in [4.78, 5) is 3.93. The number of aromatic nitrogens is 1. The van der Waals surface area contributed by atoms with Crippen LogP contribution in [-0.2, 0) is 10.0 Å². The highest BCUT2D eigenvalue weighted by Crippen LogP contribution is 2.42. The Morgan fingerprint density at radius 3 is 2.56 bits per heavy atom. The Morgan fingerprint density at radius 2 is 1.93 bits per heavy atom. The van der Waals surface area contributed by atoms with Gasteiger partial charge in [0, 0.05) is 31.1 Å². The van der Waals surface area contributed by atoms with Crippen LogP contribution in [0.4, 0.5) is 4.39 Å². The lowest BCUT2D eigenvalue weighted by molar-refractivity contribution is 0.0952. The Labute approximate surface area is 158 Å². The van der Waals surface area contributed by atoms with Gasteiger partial charge in [0.25, 0.3) is 0 Å². The first-order chi connectivity index (χ1) is 13.0. The number of rotatable bonds is 5. The number of sulfonamides is 1. The van der Waals surface area contributed by atoms with Crippen LogP contribution in [0.1, 0.15) is 25.7 Å². The molecule has 0 aliphatic carbocycles. The maximum atomic E-state index is 13.7. The molecule has 2 saturated heterocycles. The maximum absolute atomic E-state index is 13.7. The number of benzene rings is 1. The number of halogens is 1. The first kappa shape index (κ1) is 18.2. The second-order valence-corrected chi connectivity index (χ2v) is 8.73. The Bertz CT molecular complexity index is 909. The van der Waals surface area contributed by atoms with Crippen LogP contribution in [0.15, 0.2) is 47.6 Å². The van der Waals surface area contributed by atoms with Crippen LogP contribution >= 0.6 is 0 Å². The molecule has 2 atom stereocenters. The van der Waals surface area contributed by atoms with E-state index >= 15 is 0 Å². The molecule has 2 bridgehead atoms.